The Morgan fingerprint density at radius 3 is 2.76 bits per heavy atom. The molecular formula is C15H24N6. The zero-order chi connectivity index (χ0) is 15.0. The number of rotatable bonds is 3. The summed E-state index contributed by atoms with van der Waals surface area (Å²) in [6.07, 6.45) is 3.00. The second-order valence-corrected chi connectivity index (χ2v) is 6.20. The van der Waals surface area contributed by atoms with Gasteiger partial charge in [0.1, 0.15) is 0 Å². The summed E-state index contributed by atoms with van der Waals surface area (Å²) in [6.45, 7) is 12.6. The molecule has 1 aliphatic rings. The van der Waals surface area contributed by atoms with Gasteiger partial charge >= 0.3 is 0 Å². The highest BCUT2D eigenvalue weighted by Gasteiger charge is 2.19. The maximum absolute atomic E-state index is 4.69. The first-order chi connectivity index (χ1) is 10.1. The van der Waals surface area contributed by atoms with Crippen LogP contribution in [0.3, 0.4) is 0 Å². The van der Waals surface area contributed by atoms with Crippen molar-refractivity contribution in [3.8, 4) is 0 Å². The van der Waals surface area contributed by atoms with Gasteiger partial charge in [-0.15, -0.1) is 5.10 Å². The first-order valence-electron chi connectivity index (χ1n) is 7.70. The number of aryl methyl sites for hydroxylation is 2. The van der Waals surface area contributed by atoms with Gasteiger partial charge in [0.05, 0.1) is 17.6 Å². The Bertz CT molecular complexity index is 624. The van der Waals surface area contributed by atoms with Crippen molar-refractivity contribution in [1.82, 2.24) is 29.7 Å². The van der Waals surface area contributed by atoms with Crippen LogP contribution in [0.25, 0.3) is 0 Å². The molecule has 2 aromatic heterocycles. The molecule has 3 rings (SSSR count). The number of fused-ring (bicyclic) bond motifs is 1. The fraction of sp³-hybridized carbons (Fsp3) is 0.667. The lowest BCUT2D eigenvalue weighted by Gasteiger charge is -2.19. The van der Waals surface area contributed by atoms with Gasteiger partial charge in [-0.1, -0.05) is 5.21 Å². The van der Waals surface area contributed by atoms with Crippen LogP contribution < -0.4 is 0 Å². The molecule has 1 aliphatic heterocycles. The maximum atomic E-state index is 4.69. The topological polar surface area (TPSA) is 51.8 Å². The summed E-state index contributed by atoms with van der Waals surface area (Å²) in [5.41, 5.74) is 5.01. The number of hydrogen-bond donors (Lipinski definition) is 0. The van der Waals surface area contributed by atoms with Gasteiger partial charge in [-0.05, 0) is 34.1 Å². The van der Waals surface area contributed by atoms with E-state index in [-0.39, 0.29) is 0 Å². The lowest BCUT2D eigenvalue weighted by molar-refractivity contribution is 0.259. The predicted octanol–water partition coefficient (Wildman–Crippen LogP) is 2.08. The second-order valence-electron chi connectivity index (χ2n) is 6.20. The minimum atomic E-state index is 0.409. The van der Waals surface area contributed by atoms with E-state index >= 15 is 0 Å². The molecule has 21 heavy (non-hydrogen) atoms. The summed E-state index contributed by atoms with van der Waals surface area (Å²) in [4.78, 5) is 2.48. The Morgan fingerprint density at radius 1 is 1.24 bits per heavy atom. The van der Waals surface area contributed by atoms with Crippen molar-refractivity contribution in [2.75, 3.05) is 6.54 Å². The molecule has 0 aromatic carbocycles. The molecule has 6 heteroatoms. The van der Waals surface area contributed by atoms with E-state index in [1.165, 1.54) is 17.0 Å². The normalized spacial score (nSPS) is 16.2. The third kappa shape index (κ3) is 2.72. The zero-order valence-electron chi connectivity index (χ0n) is 13.4. The highest BCUT2D eigenvalue weighted by Crippen LogP contribution is 2.21. The van der Waals surface area contributed by atoms with E-state index in [4.69, 9.17) is 5.10 Å². The standard InChI is InChI=1S/C15H24N6/c1-11(2)21-13(4)15(12(3)17-21)10-19-6-5-7-20-14(9-19)8-16-18-20/h8,11H,5-7,9-10H2,1-4H3. The lowest BCUT2D eigenvalue weighted by Crippen LogP contribution is -2.23. The molecule has 0 radical (unpaired) electrons. The fourth-order valence-electron chi connectivity index (χ4n) is 3.13. The molecule has 0 unspecified atom stereocenters. The molecule has 0 spiro atoms. The molecule has 0 aliphatic carbocycles. The molecule has 0 N–H and O–H groups in total. The van der Waals surface area contributed by atoms with Gasteiger partial charge in [0.2, 0.25) is 0 Å². The van der Waals surface area contributed by atoms with E-state index < -0.39 is 0 Å². The van der Waals surface area contributed by atoms with Crippen LogP contribution in [-0.4, -0.2) is 36.2 Å². The van der Waals surface area contributed by atoms with Crippen LogP contribution in [0.5, 0.6) is 0 Å². The first-order valence-corrected chi connectivity index (χ1v) is 7.70. The Hall–Kier alpha value is -1.69. The van der Waals surface area contributed by atoms with Crippen molar-refractivity contribution in [1.29, 1.82) is 0 Å². The van der Waals surface area contributed by atoms with Gasteiger partial charge in [-0.2, -0.15) is 5.10 Å². The summed E-state index contributed by atoms with van der Waals surface area (Å²) in [6, 6.07) is 0.409. The summed E-state index contributed by atoms with van der Waals surface area (Å²) in [7, 11) is 0. The minimum Gasteiger partial charge on any atom is -0.293 e. The molecular weight excluding hydrogens is 264 g/mol. The van der Waals surface area contributed by atoms with Gasteiger partial charge in [-0.3, -0.25) is 9.58 Å². The third-order valence-electron chi connectivity index (χ3n) is 4.27. The highest BCUT2D eigenvalue weighted by molar-refractivity contribution is 5.25. The monoisotopic (exact) mass is 288 g/mol. The quantitative estimate of drug-likeness (QED) is 0.867. The van der Waals surface area contributed by atoms with Crippen LogP contribution in [-0.2, 0) is 19.6 Å². The molecule has 0 saturated carbocycles. The molecule has 0 bridgehead atoms. The van der Waals surface area contributed by atoms with Gasteiger partial charge in [0.15, 0.2) is 0 Å². The Kier molecular flexibility index (Phi) is 3.80. The maximum Gasteiger partial charge on any atom is 0.0738 e. The Labute approximate surface area is 125 Å². The van der Waals surface area contributed by atoms with Crippen LogP contribution in [0, 0.1) is 13.8 Å². The average Bonchev–Trinajstić information content (AvgIpc) is 2.92. The first kappa shape index (κ1) is 14.3. The van der Waals surface area contributed by atoms with Crippen molar-refractivity contribution in [3.63, 3.8) is 0 Å². The van der Waals surface area contributed by atoms with Crippen LogP contribution >= 0.6 is 0 Å². The molecule has 0 atom stereocenters. The summed E-state index contributed by atoms with van der Waals surface area (Å²) < 4.78 is 4.16. The third-order valence-corrected chi connectivity index (χ3v) is 4.27. The minimum absolute atomic E-state index is 0.409. The van der Waals surface area contributed by atoms with Crippen molar-refractivity contribution < 1.29 is 0 Å². The van der Waals surface area contributed by atoms with Crippen molar-refractivity contribution in [3.05, 3.63) is 28.8 Å². The summed E-state index contributed by atoms with van der Waals surface area (Å²) in [5, 5.41) is 12.9. The zero-order valence-corrected chi connectivity index (χ0v) is 13.4. The Morgan fingerprint density at radius 2 is 2.05 bits per heavy atom. The average molecular weight is 288 g/mol. The number of nitrogens with zero attached hydrogens (tertiary/aromatic N) is 6. The van der Waals surface area contributed by atoms with E-state index in [1.54, 1.807) is 0 Å². The van der Waals surface area contributed by atoms with E-state index in [0.29, 0.717) is 6.04 Å². The fourth-order valence-corrected chi connectivity index (χ4v) is 3.13. The van der Waals surface area contributed by atoms with Gasteiger partial charge in [-0.25, -0.2) is 4.68 Å². The smallest absolute Gasteiger partial charge is 0.0738 e. The van der Waals surface area contributed by atoms with E-state index in [1.807, 2.05) is 10.9 Å². The largest absolute Gasteiger partial charge is 0.293 e. The van der Waals surface area contributed by atoms with Crippen molar-refractivity contribution in [2.24, 2.45) is 0 Å². The molecule has 0 amide bonds. The lowest BCUT2D eigenvalue weighted by atomic mass is 10.1. The SMILES string of the molecule is Cc1nn(C(C)C)c(C)c1CN1CCCn2nncc2C1. The molecule has 3 heterocycles. The van der Waals surface area contributed by atoms with Gasteiger partial charge < -0.3 is 0 Å². The van der Waals surface area contributed by atoms with Crippen molar-refractivity contribution >= 4 is 0 Å². The molecule has 0 fully saturated rings. The van der Waals surface area contributed by atoms with E-state index in [2.05, 4.69) is 47.6 Å². The predicted molar refractivity (Wildman–Crippen MR) is 80.8 cm³/mol. The molecule has 2 aromatic rings. The Balaban J connectivity index is 1.81. The van der Waals surface area contributed by atoms with Crippen LogP contribution in [0.2, 0.25) is 0 Å². The number of hydrogen-bond acceptors (Lipinski definition) is 4. The van der Waals surface area contributed by atoms with E-state index in [0.717, 1.165) is 38.3 Å². The van der Waals surface area contributed by atoms with Gasteiger partial charge in [0.25, 0.3) is 0 Å². The molecule has 6 nitrogen and oxygen atoms in total. The van der Waals surface area contributed by atoms with E-state index in [9.17, 15) is 0 Å². The van der Waals surface area contributed by atoms with Crippen LogP contribution in [0.4, 0.5) is 0 Å². The highest BCUT2D eigenvalue weighted by atomic mass is 15.4. The van der Waals surface area contributed by atoms with Crippen LogP contribution in [0.15, 0.2) is 6.20 Å². The summed E-state index contributed by atoms with van der Waals surface area (Å²) >= 11 is 0. The molecule has 114 valence electrons. The van der Waals surface area contributed by atoms with Crippen LogP contribution in [0.1, 0.15) is 49.0 Å². The summed E-state index contributed by atoms with van der Waals surface area (Å²) in [5.74, 6) is 0. The van der Waals surface area contributed by atoms with Crippen molar-refractivity contribution in [2.45, 2.75) is 59.8 Å². The van der Waals surface area contributed by atoms with Gasteiger partial charge in [0, 0.05) is 43.5 Å². The molecule has 0 saturated heterocycles. The second kappa shape index (κ2) is 5.60. The number of aromatic nitrogens is 5.